The standard InChI is InChI=1S/C13H18O2/c1-4-10-6-8-11(9-7-10)13(15-3)12(14)5-2/h6-9,13H,4-5H2,1-3H3. The van der Waals surface area contributed by atoms with Gasteiger partial charge in [-0.25, -0.2) is 0 Å². The summed E-state index contributed by atoms with van der Waals surface area (Å²) in [6, 6.07) is 8.04. The van der Waals surface area contributed by atoms with Gasteiger partial charge in [-0.1, -0.05) is 38.1 Å². The molecule has 0 saturated carbocycles. The van der Waals surface area contributed by atoms with E-state index in [1.54, 1.807) is 7.11 Å². The van der Waals surface area contributed by atoms with Gasteiger partial charge in [0.25, 0.3) is 0 Å². The van der Waals surface area contributed by atoms with Crippen LogP contribution in [0.15, 0.2) is 24.3 Å². The first-order valence-electron chi connectivity index (χ1n) is 5.37. The van der Waals surface area contributed by atoms with Gasteiger partial charge < -0.3 is 4.74 Å². The number of methoxy groups -OCH3 is 1. The zero-order valence-corrected chi connectivity index (χ0v) is 9.62. The monoisotopic (exact) mass is 206 g/mol. The summed E-state index contributed by atoms with van der Waals surface area (Å²) >= 11 is 0. The largest absolute Gasteiger partial charge is 0.369 e. The zero-order chi connectivity index (χ0) is 11.3. The van der Waals surface area contributed by atoms with Crippen molar-refractivity contribution in [3.63, 3.8) is 0 Å². The van der Waals surface area contributed by atoms with Gasteiger partial charge in [0, 0.05) is 13.5 Å². The van der Waals surface area contributed by atoms with Gasteiger partial charge in [0.1, 0.15) is 6.10 Å². The normalized spacial score (nSPS) is 12.5. The highest BCUT2D eigenvalue weighted by Gasteiger charge is 2.17. The zero-order valence-electron chi connectivity index (χ0n) is 9.62. The van der Waals surface area contributed by atoms with Gasteiger partial charge in [-0.2, -0.15) is 0 Å². The van der Waals surface area contributed by atoms with E-state index in [4.69, 9.17) is 4.74 Å². The molecule has 1 rings (SSSR count). The fourth-order valence-electron chi connectivity index (χ4n) is 1.57. The average molecular weight is 206 g/mol. The number of carbonyl (C=O) groups excluding carboxylic acids is 1. The van der Waals surface area contributed by atoms with Crippen molar-refractivity contribution in [1.29, 1.82) is 0 Å². The summed E-state index contributed by atoms with van der Waals surface area (Å²) in [6.45, 7) is 3.97. The number of ketones is 1. The van der Waals surface area contributed by atoms with E-state index in [1.807, 2.05) is 31.2 Å². The summed E-state index contributed by atoms with van der Waals surface area (Å²) in [6.07, 6.45) is 1.12. The van der Waals surface area contributed by atoms with Gasteiger partial charge in [0.2, 0.25) is 0 Å². The molecule has 1 atom stereocenters. The average Bonchev–Trinajstić information content (AvgIpc) is 2.30. The Kier molecular flexibility index (Phi) is 4.50. The molecule has 0 N–H and O–H groups in total. The van der Waals surface area contributed by atoms with E-state index in [1.165, 1.54) is 5.56 Å². The molecule has 2 heteroatoms. The minimum absolute atomic E-state index is 0.127. The SMILES string of the molecule is CCC(=O)C(OC)c1ccc(CC)cc1. The molecule has 0 saturated heterocycles. The van der Waals surface area contributed by atoms with E-state index in [0.29, 0.717) is 6.42 Å². The Morgan fingerprint density at radius 1 is 1.27 bits per heavy atom. The van der Waals surface area contributed by atoms with Crippen molar-refractivity contribution in [1.82, 2.24) is 0 Å². The number of rotatable bonds is 5. The molecule has 82 valence electrons. The van der Waals surface area contributed by atoms with E-state index in [-0.39, 0.29) is 5.78 Å². The predicted octanol–water partition coefficient (Wildman–Crippen LogP) is 2.92. The van der Waals surface area contributed by atoms with E-state index < -0.39 is 6.10 Å². The fourth-order valence-corrected chi connectivity index (χ4v) is 1.57. The maximum atomic E-state index is 11.6. The minimum Gasteiger partial charge on any atom is -0.369 e. The van der Waals surface area contributed by atoms with Crippen LogP contribution in [0.1, 0.15) is 37.5 Å². The number of carbonyl (C=O) groups is 1. The van der Waals surface area contributed by atoms with Crippen molar-refractivity contribution in [2.45, 2.75) is 32.8 Å². The molecule has 0 radical (unpaired) electrons. The summed E-state index contributed by atoms with van der Waals surface area (Å²) < 4.78 is 5.21. The number of hydrogen-bond acceptors (Lipinski definition) is 2. The Hall–Kier alpha value is -1.15. The molecule has 0 aromatic heterocycles. The van der Waals surface area contributed by atoms with Crippen molar-refractivity contribution in [3.05, 3.63) is 35.4 Å². The molecule has 0 fully saturated rings. The lowest BCUT2D eigenvalue weighted by atomic mass is 10.0. The van der Waals surface area contributed by atoms with Crippen LogP contribution in [-0.4, -0.2) is 12.9 Å². The molecule has 0 aliphatic rings. The third kappa shape index (κ3) is 2.90. The molecule has 0 aliphatic heterocycles. The van der Waals surface area contributed by atoms with Gasteiger partial charge in [-0.15, -0.1) is 0 Å². The van der Waals surface area contributed by atoms with Crippen LogP contribution < -0.4 is 0 Å². The van der Waals surface area contributed by atoms with Gasteiger partial charge in [-0.05, 0) is 17.5 Å². The van der Waals surface area contributed by atoms with Crippen molar-refractivity contribution in [2.24, 2.45) is 0 Å². The Morgan fingerprint density at radius 2 is 1.87 bits per heavy atom. The molecule has 1 aromatic rings. The van der Waals surface area contributed by atoms with Crippen LogP contribution in [0.3, 0.4) is 0 Å². The molecule has 0 amide bonds. The fraction of sp³-hybridized carbons (Fsp3) is 0.462. The first kappa shape index (κ1) is 11.9. The Morgan fingerprint density at radius 3 is 2.27 bits per heavy atom. The Labute approximate surface area is 91.3 Å². The Bertz CT molecular complexity index is 314. The van der Waals surface area contributed by atoms with Crippen LogP contribution >= 0.6 is 0 Å². The predicted molar refractivity (Wildman–Crippen MR) is 60.9 cm³/mol. The van der Waals surface area contributed by atoms with Gasteiger partial charge in [-0.3, -0.25) is 4.79 Å². The second kappa shape index (κ2) is 5.66. The maximum Gasteiger partial charge on any atom is 0.165 e. The van der Waals surface area contributed by atoms with Gasteiger partial charge >= 0.3 is 0 Å². The summed E-state index contributed by atoms with van der Waals surface area (Å²) in [4.78, 5) is 11.6. The highest BCUT2D eigenvalue weighted by molar-refractivity contribution is 5.84. The molecule has 0 bridgehead atoms. The van der Waals surface area contributed by atoms with E-state index in [0.717, 1.165) is 12.0 Å². The van der Waals surface area contributed by atoms with E-state index >= 15 is 0 Å². The highest BCUT2D eigenvalue weighted by atomic mass is 16.5. The van der Waals surface area contributed by atoms with Crippen LogP contribution in [0.25, 0.3) is 0 Å². The second-order valence-corrected chi connectivity index (χ2v) is 3.53. The molecule has 0 aliphatic carbocycles. The molecule has 1 aromatic carbocycles. The molecular weight excluding hydrogens is 188 g/mol. The van der Waals surface area contributed by atoms with Crippen LogP contribution in [0.4, 0.5) is 0 Å². The summed E-state index contributed by atoms with van der Waals surface area (Å²) in [7, 11) is 1.58. The molecule has 1 unspecified atom stereocenters. The molecule has 0 spiro atoms. The summed E-state index contributed by atoms with van der Waals surface area (Å²) in [5.41, 5.74) is 2.22. The van der Waals surface area contributed by atoms with Gasteiger partial charge in [0.05, 0.1) is 0 Å². The van der Waals surface area contributed by atoms with Crippen molar-refractivity contribution in [3.8, 4) is 0 Å². The first-order valence-corrected chi connectivity index (χ1v) is 5.37. The number of aryl methyl sites for hydroxylation is 1. The van der Waals surface area contributed by atoms with Crippen LogP contribution in [0, 0.1) is 0 Å². The third-order valence-corrected chi connectivity index (χ3v) is 2.57. The van der Waals surface area contributed by atoms with Crippen LogP contribution in [0.5, 0.6) is 0 Å². The second-order valence-electron chi connectivity index (χ2n) is 3.53. The van der Waals surface area contributed by atoms with Gasteiger partial charge in [0.15, 0.2) is 5.78 Å². The molecule has 2 nitrogen and oxygen atoms in total. The van der Waals surface area contributed by atoms with Crippen molar-refractivity contribution in [2.75, 3.05) is 7.11 Å². The number of Topliss-reactive ketones (excluding diaryl/α,β-unsaturated/α-hetero) is 1. The minimum atomic E-state index is -0.402. The van der Waals surface area contributed by atoms with Crippen LogP contribution in [0.2, 0.25) is 0 Å². The molecule has 0 heterocycles. The van der Waals surface area contributed by atoms with E-state index in [2.05, 4.69) is 6.92 Å². The number of benzene rings is 1. The summed E-state index contributed by atoms with van der Waals surface area (Å²) in [5, 5.41) is 0. The number of hydrogen-bond donors (Lipinski definition) is 0. The van der Waals surface area contributed by atoms with Crippen molar-refractivity contribution >= 4 is 5.78 Å². The Balaban J connectivity index is 2.87. The molecule has 15 heavy (non-hydrogen) atoms. The smallest absolute Gasteiger partial charge is 0.165 e. The lowest BCUT2D eigenvalue weighted by molar-refractivity contribution is -0.128. The van der Waals surface area contributed by atoms with E-state index in [9.17, 15) is 4.79 Å². The maximum absolute atomic E-state index is 11.6. The van der Waals surface area contributed by atoms with Crippen molar-refractivity contribution < 1.29 is 9.53 Å². The number of ether oxygens (including phenoxy) is 1. The lowest BCUT2D eigenvalue weighted by Gasteiger charge is -2.13. The topological polar surface area (TPSA) is 26.3 Å². The lowest BCUT2D eigenvalue weighted by Crippen LogP contribution is -2.13. The third-order valence-electron chi connectivity index (χ3n) is 2.57. The highest BCUT2D eigenvalue weighted by Crippen LogP contribution is 2.19. The van der Waals surface area contributed by atoms with Crippen LogP contribution in [-0.2, 0) is 16.0 Å². The quantitative estimate of drug-likeness (QED) is 0.740. The first-order chi connectivity index (χ1) is 7.22. The summed E-state index contributed by atoms with van der Waals surface area (Å²) in [5.74, 6) is 0.127. The molecular formula is C13H18O2.